The third kappa shape index (κ3) is 3.16. The molecule has 1 aromatic heterocycles. The van der Waals surface area contributed by atoms with Crippen LogP contribution in [0.15, 0.2) is 17.2 Å². The molecule has 108 valence electrons. The molecule has 1 N–H and O–H groups in total. The van der Waals surface area contributed by atoms with Crippen molar-refractivity contribution in [1.82, 2.24) is 8.87 Å². The van der Waals surface area contributed by atoms with Gasteiger partial charge in [-0.05, 0) is 25.2 Å². The number of nitrogens with zero attached hydrogens (tertiary/aromatic N) is 2. The molecule has 1 aromatic rings. The van der Waals surface area contributed by atoms with Crippen LogP contribution in [0.3, 0.4) is 0 Å². The average molecular weight is 304 g/mol. The molecule has 0 atom stereocenters. The normalized spacial score (nSPS) is 16.2. The lowest BCUT2D eigenvalue weighted by Gasteiger charge is -2.15. The summed E-state index contributed by atoms with van der Waals surface area (Å²) in [6, 6.07) is 1.95. The molecule has 0 amide bonds. The Bertz CT molecular complexity index is 535. The predicted octanol–water partition coefficient (Wildman–Crippen LogP) is 1.30. The summed E-state index contributed by atoms with van der Waals surface area (Å²) < 4.78 is 28.0. The van der Waals surface area contributed by atoms with Gasteiger partial charge in [0.1, 0.15) is 4.90 Å². The molecule has 1 aliphatic rings. The van der Waals surface area contributed by atoms with Crippen molar-refractivity contribution in [3.05, 3.63) is 18.0 Å². The second-order valence-electron chi connectivity index (χ2n) is 4.78. The smallest absolute Gasteiger partial charge is 0.244 e. The van der Waals surface area contributed by atoms with E-state index in [1.54, 1.807) is 31.1 Å². The van der Waals surface area contributed by atoms with E-state index < -0.39 is 10.0 Å². The Labute approximate surface area is 118 Å². The first-order valence-corrected chi connectivity index (χ1v) is 9.11. The Morgan fingerprint density at radius 1 is 1.53 bits per heavy atom. The van der Waals surface area contributed by atoms with E-state index >= 15 is 0 Å². The first-order valence-electron chi connectivity index (χ1n) is 6.27. The minimum Gasteiger partial charge on any atom is -0.390 e. The minimum absolute atomic E-state index is 0.124. The van der Waals surface area contributed by atoms with E-state index in [4.69, 9.17) is 0 Å². The maximum atomic E-state index is 12.4. The van der Waals surface area contributed by atoms with Gasteiger partial charge in [-0.15, -0.1) is 0 Å². The Morgan fingerprint density at radius 2 is 2.21 bits per heavy atom. The van der Waals surface area contributed by atoms with Gasteiger partial charge in [-0.3, -0.25) is 0 Å². The van der Waals surface area contributed by atoms with Gasteiger partial charge >= 0.3 is 0 Å². The van der Waals surface area contributed by atoms with Crippen LogP contribution in [0.25, 0.3) is 0 Å². The monoisotopic (exact) mass is 304 g/mol. The molecule has 1 fully saturated rings. The van der Waals surface area contributed by atoms with Crippen LogP contribution in [0.2, 0.25) is 0 Å². The number of aliphatic hydroxyl groups is 1. The molecule has 1 saturated carbocycles. The number of aromatic nitrogens is 1. The topological polar surface area (TPSA) is 62.5 Å². The molecule has 0 unspecified atom stereocenters. The lowest BCUT2D eigenvalue weighted by molar-refractivity contribution is 0.270. The van der Waals surface area contributed by atoms with Crippen molar-refractivity contribution in [3.8, 4) is 0 Å². The molecule has 0 bridgehead atoms. The highest BCUT2D eigenvalue weighted by Gasteiger charge is 2.29. The molecule has 1 aliphatic carbocycles. The fourth-order valence-corrected chi connectivity index (χ4v) is 3.77. The zero-order chi connectivity index (χ0) is 14.0. The van der Waals surface area contributed by atoms with Crippen molar-refractivity contribution >= 4 is 21.8 Å². The van der Waals surface area contributed by atoms with Gasteiger partial charge in [-0.1, -0.05) is 0 Å². The minimum atomic E-state index is -3.44. The quantitative estimate of drug-likeness (QED) is 0.825. The maximum Gasteiger partial charge on any atom is 0.244 e. The summed E-state index contributed by atoms with van der Waals surface area (Å²) in [6.45, 7) is 0.368. The number of thioether (sulfide) groups is 1. The van der Waals surface area contributed by atoms with Crippen molar-refractivity contribution in [2.24, 2.45) is 0 Å². The summed E-state index contributed by atoms with van der Waals surface area (Å²) in [6.07, 6.45) is 5.73. The van der Waals surface area contributed by atoms with Crippen LogP contribution in [0.5, 0.6) is 0 Å². The second-order valence-corrected chi connectivity index (χ2v) is 7.81. The third-order valence-electron chi connectivity index (χ3n) is 3.33. The van der Waals surface area contributed by atoms with E-state index in [1.807, 2.05) is 10.8 Å². The molecule has 0 aliphatic heterocycles. The van der Waals surface area contributed by atoms with E-state index in [1.165, 1.54) is 4.31 Å². The van der Waals surface area contributed by atoms with Crippen LogP contribution < -0.4 is 0 Å². The Hall–Kier alpha value is -0.500. The van der Waals surface area contributed by atoms with Crippen LogP contribution in [0, 0.1) is 0 Å². The molecule has 0 aromatic carbocycles. The van der Waals surface area contributed by atoms with Crippen LogP contribution in [-0.2, 0) is 16.6 Å². The number of hydrogen-bond donors (Lipinski definition) is 1. The zero-order valence-corrected chi connectivity index (χ0v) is 12.9. The van der Waals surface area contributed by atoms with E-state index in [0.29, 0.717) is 18.3 Å². The van der Waals surface area contributed by atoms with Gasteiger partial charge in [-0.2, -0.15) is 11.8 Å². The summed E-state index contributed by atoms with van der Waals surface area (Å²) in [7, 11) is -1.84. The lowest BCUT2D eigenvalue weighted by Crippen LogP contribution is -2.28. The van der Waals surface area contributed by atoms with Gasteiger partial charge in [-0.25, -0.2) is 12.7 Å². The molecule has 0 radical (unpaired) electrons. The highest BCUT2D eigenvalue weighted by molar-refractivity contribution is 7.98. The van der Waals surface area contributed by atoms with E-state index in [9.17, 15) is 13.5 Å². The van der Waals surface area contributed by atoms with Crippen molar-refractivity contribution in [2.75, 3.05) is 25.6 Å². The molecule has 5 nitrogen and oxygen atoms in total. The summed E-state index contributed by atoms with van der Waals surface area (Å²) in [5.41, 5.74) is 0.680. The second kappa shape index (κ2) is 5.87. The Kier molecular flexibility index (Phi) is 4.60. The molecular weight excluding hydrogens is 284 g/mol. The molecule has 1 heterocycles. The van der Waals surface area contributed by atoms with Crippen LogP contribution in [0.1, 0.15) is 24.6 Å². The number of sulfonamides is 1. The molecule has 0 saturated heterocycles. The van der Waals surface area contributed by atoms with Gasteiger partial charge in [0.2, 0.25) is 10.0 Å². The van der Waals surface area contributed by atoms with Crippen LogP contribution >= 0.6 is 11.8 Å². The van der Waals surface area contributed by atoms with E-state index in [-0.39, 0.29) is 11.5 Å². The highest BCUT2D eigenvalue weighted by atomic mass is 32.2. The Balaban J connectivity index is 2.24. The van der Waals surface area contributed by atoms with Crippen molar-refractivity contribution in [2.45, 2.75) is 30.4 Å². The average Bonchev–Trinajstić information content (AvgIpc) is 3.14. The van der Waals surface area contributed by atoms with Crippen molar-refractivity contribution in [1.29, 1.82) is 0 Å². The fraction of sp³-hybridized carbons (Fsp3) is 0.667. The van der Waals surface area contributed by atoms with Crippen molar-refractivity contribution in [3.63, 3.8) is 0 Å². The number of hydrogen-bond acceptors (Lipinski definition) is 4. The maximum absolute atomic E-state index is 12.4. The largest absolute Gasteiger partial charge is 0.390 e. The molecule has 19 heavy (non-hydrogen) atoms. The third-order valence-corrected chi connectivity index (χ3v) is 5.74. The van der Waals surface area contributed by atoms with Gasteiger partial charge in [0.15, 0.2) is 0 Å². The van der Waals surface area contributed by atoms with Crippen molar-refractivity contribution < 1.29 is 13.5 Å². The first kappa shape index (κ1) is 14.9. The van der Waals surface area contributed by atoms with Crippen LogP contribution in [0.4, 0.5) is 0 Å². The van der Waals surface area contributed by atoms with Gasteiger partial charge in [0, 0.05) is 37.3 Å². The zero-order valence-electron chi connectivity index (χ0n) is 11.2. The lowest BCUT2D eigenvalue weighted by atomic mass is 10.4. The number of aliphatic hydroxyl groups excluding tert-OH is 1. The van der Waals surface area contributed by atoms with E-state index in [2.05, 4.69) is 0 Å². The number of rotatable bonds is 7. The highest BCUT2D eigenvalue weighted by Crippen LogP contribution is 2.37. The molecular formula is C12H20N2O3S2. The van der Waals surface area contributed by atoms with Crippen LogP contribution in [-0.4, -0.2) is 48.0 Å². The SMILES string of the molecule is CSCCN(C)S(=O)(=O)c1cc(CO)n(C2CC2)c1. The summed E-state index contributed by atoms with van der Waals surface area (Å²) in [4.78, 5) is 0.284. The molecule has 2 rings (SSSR count). The fourth-order valence-electron chi connectivity index (χ4n) is 1.98. The Morgan fingerprint density at radius 3 is 2.74 bits per heavy atom. The van der Waals surface area contributed by atoms with Gasteiger partial charge < -0.3 is 9.67 Å². The summed E-state index contributed by atoms with van der Waals surface area (Å²) in [5, 5.41) is 9.32. The standard InChI is InChI=1S/C12H20N2O3S2/c1-13(5-6-18-2)19(16,17)12-7-11(9-15)14(8-12)10-3-4-10/h7-8,10,15H,3-6,9H2,1-2H3. The van der Waals surface area contributed by atoms with Gasteiger partial charge in [0.25, 0.3) is 0 Å². The van der Waals surface area contributed by atoms with Gasteiger partial charge in [0.05, 0.1) is 6.61 Å². The molecule has 7 heteroatoms. The molecule has 0 spiro atoms. The van der Waals surface area contributed by atoms with E-state index in [0.717, 1.165) is 18.6 Å². The first-order chi connectivity index (χ1) is 9.00. The predicted molar refractivity (Wildman–Crippen MR) is 76.8 cm³/mol. The summed E-state index contributed by atoms with van der Waals surface area (Å²) in [5.74, 6) is 0.770. The summed E-state index contributed by atoms with van der Waals surface area (Å²) >= 11 is 1.62.